The number of fused-ring (bicyclic) bond motifs is 1. The van der Waals surface area contributed by atoms with E-state index in [9.17, 15) is 13.6 Å². The highest BCUT2D eigenvalue weighted by molar-refractivity contribution is 5.82. The minimum absolute atomic E-state index is 0.0223. The third kappa shape index (κ3) is 4.62. The Bertz CT molecular complexity index is 1290. The van der Waals surface area contributed by atoms with Crippen molar-refractivity contribution in [3.05, 3.63) is 131 Å². The normalized spacial score (nSPS) is 13.0. The lowest BCUT2D eigenvalue weighted by molar-refractivity contribution is -0.133. The van der Waals surface area contributed by atoms with Gasteiger partial charge in [-0.2, -0.15) is 0 Å². The second-order valence-corrected chi connectivity index (χ2v) is 8.80. The molecular formula is C30H25F2NO. The molecule has 34 heavy (non-hydrogen) atoms. The van der Waals surface area contributed by atoms with Gasteiger partial charge in [0.1, 0.15) is 0 Å². The largest absolute Gasteiger partial charge is 0.334 e. The number of carbonyl (C=O) groups is 1. The van der Waals surface area contributed by atoms with E-state index in [-0.39, 0.29) is 24.9 Å². The smallest absolute Gasteiger partial charge is 0.227 e. The minimum Gasteiger partial charge on any atom is -0.334 e. The molecule has 1 aliphatic rings. The molecule has 2 nitrogen and oxygen atoms in total. The van der Waals surface area contributed by atoms with E-state index in [1.165, 1.54) is 17.2 Å². The molecule has 0 saturated carbocycles. The van der Waals surface area contributed by atoms with Crippen LogP contribution in [-0.2, 0) is 30.6 Å². The van der Waals surface area contributed by atoms with E-state index in [1.54, 1.807) is 6.07 Å². The van der Waals surface area contributed by atoms with Crippen LogP contribution in [0.25, 0.3) is 11.1 Å². The molecule has 0 radical (unpaired) electrons. The van der Waals surface area contributed by atoms with E-state index in [2.05, 4.69) is 12.1 Å². The fourth-order valence-electron chi connectivity index (χ4n) is 4.85. The van der Waals surface area contributed by atoms with E-state index < -0.39 is 11.6 Å². The van der Waals surface area contributed by atoms with Crippen LogP contribution in [0.4, 0.5) is 8.78 Å². The standard InChI is InChI=1S/C30H25F2NO/c31-28-15-14-21(16-29(28)32)20-33(26-17-23-10-4-5-11-24(23)18-26)30(34)19-25-12-6-7-13-27(25)22-8-2-1-3-9-22/h1-16,26H,17-20H2. The number of hydrogen-bond acceptors (Lipinski definition) is 1. The predicted molar refractivity (Wildman–Crippen MR) is 130 cm³/mol. The van der Waals surface area contributed by atoms with Crippen LogP contribution >= 0.6 is 0 Å². The summed E-state index contributed by atoms with van der Waals surface area (Å²) < 4.78 is 27.4. The molecule has 4 aromatic carbocycles. The third-order valence-electron chi connectivity index (χ3n) is 6.57. The molecule has 0 fully saturated rings. The van der Waals surface area contributed by atoms with Gasteiger partial charge in [-0.3, -0.25) is 4.79 Å². The highest BCUT2D eigenvalue weighted by Crippen LogP contribution is 2.29. The zero-order valence-corrected chi connectivity index (χ0v) is 18.8. The van der Waals surface area contributed by atoms with Gasteiger partial charge in [-0.15, -0.1) is 0 Å². The van der Waals surface area contributed by atoms with Crippen LogP contribution in [0.5, 0.6) is 0 Å². The van der Waals surface area contributed by atoms with Gasteiger partial charge in [0, 0.05) is 12.6 Å². The highest BCUT2D eigenvalue weighted by Gasteiger charge is 2.30. The van der Waals surface area contributed by atoms with Crippen LogP contribution in [0.3, 0.4) is 0 Å². The molecule has 0 saturated heterocycles. The quantitative estimate of drug-likeness (QED) is 0.332. The molecule has 1 amide bonds. The maximum absolute atomic E-state index is 13.9. The molecule has 0 unspecified atom stereocenters. The molecule has 4 aromatic rings. The zero-order valence-electron chi connectivity index (χ0n) is 18.8. The summed E-state index contributed by atoms with van der Waals surface area (Å²) in [5.41, 5.74) is 6.09. The predicted octanol–water partition coefficient (Wildman–Crippen LogP) is 6.37. The Morgan fingerprint density at radius 2 is 1.41 bits per heavy atom. The van der Waals surface area contributed by atoms with E-state index in [4.69, 9.17) is 0 Å². The summed E-state index contributed by atoms with van der Waals surface area (Å²) in [6, 6.07) is 30.0. The summed E-state index contributed by atoms with van der Waals surface area (Å²) >= 11 is 0. The number of halogens is 2. The number of amides is 1. The molecule has 0 N–H and O–H groups in total. The second-order valence-electron chi connectivity index (χ2n) is 8.80. The van der Waals surface area contributed by atoms with Crippen molar-refractivity contribution in [3.8, 4) is 11.1 Å². The Balaban J connectivity index is 1.45. The minimum atomic E-state index is -0.894. The van der Waals surface area contributed by atoms with Gasteiger partial charge >= 0.3 is 0 Å². The molecule has 0 spiro atoms. The van der Waals surface area contributed by atoms with Crippen LogP contribution in [-0.4, -0.2) is 16.8 Å². The van der Waals surface area contributed by atoms with Crippen molar-refractivity contribution in [2.24, 2.45) is 0 Å². The average molecular weight is 454 g/mol. The molecule has 5 rings (SSSR count). The van der Waals surface area contributed by atoms with Gasteiger partial charge in [-0.25, -0.2) is 8.78 Å². The lowest BCUT2D eigenvalue weighted by Gasteiger charge is -2.30. The summed E-state index contributed by atoms with van der Waals surface area (Å²) in [6.45, 7) is 0.238. The van der Waals surface area contributed by atoms with Crippen molar-refractivity contribution in [3.63, 3.8) is 0 Å². The number of rotatable bonds is 6. The molecular weight excluding hydrogens is 428 g/mol. The van der Waals surface area contributed by atoms with E-state index >= 15 is 0 Å². The van der Waals surface area contributed by atoms with E-state index in [0.29, 0.717) is 5.56 Å². The lowest BCUT2D eigenvalue weighted by atomic mass is 9.97. The second kappa shape index (κ2) is 9.60. The summed E-state index contributed by atoms with van der Waals surface area (Å²) in [5, 5.41) is 0. The van der Waals surface area contributed by atoms with Crippen molar-refractivity contribution in [2.75, 3.05) is 0 Å². The van der Waals surface area contributed by atoms with Crippen LogP contribution in [0, 0.1) is 11.6 Å². The first kappa shape index (κ1) is 22.0. The number of benzene rings is 4. The molecule has 4 heteroatoms. The lowest BCUT2D eigenvalue weighted by Crippen LogP contribution is -2.41. The monoisotopic (exact) mass is 453 g/mol. The summed E-state index contributed by atoms with van der Waals surface area (Å²) in [5.74, 6) is -1.80. The fraction of sp³-hybridized carbons (Fsp3) is 0.167. The van der Waals surface area contributed by atoms with Crippen molar-refractivity contribution in [2.45, 2.75) is 31.8 Å². The molecule has 0 atom stereocenters. The first-order valence-corrected chi connectivity index (χ1v) is 11.5. The SMILES string of the molecule is O=C(Cc1ccccc1-c1ccccc1)N(Cc1ccc(F)c(F)c1)C1Cc2ccccc2C1. The molecule has 0 aromatic heterocycles. The van der Waals surface area contributed by atoms with Gasteiger partial charge in [0.25, 0.3) is 0 Å². The topological polar surface area (TPSA) is 20.3 Å². The average Bonchev–Trinajstić information content (AvgIpc) is 3.29. The Morgan fingerprint density at radius 1 is 0.765 bits per heavy atom. The molecule has 170 valence electrons. The summed E-state index contributed by atoms with van der Waals surface area (Å²) in [7, 11) is 0. The summed E-state index contributed by atoms with van der Waals surface area (Å²) in [4.78, 5) is 15.6. The van der Waals surface area contributed by atoms with Crippen molar-refractivity contribution in [1.29, 1.82) is 0 Å². The summed E-state index contributed by atoms with van der Waals surface area (Å²) in [6.07, 6.45) is 1.75. The van der Waals surface area contributed by atoms with Crippen LogP contribution < -0.4 is 0 Å². The third-order valence-corrected chi connectivity index (χ3v) is 6.57. The number of nitrogens with zero attached hydrogens (tertiary/aromatic N) is 1. The Kier molecular flexibility index (Phi) is 6.22. The molecule has 0 heterocycles. The Morgan fingerprint density at radius 3 is 2.12 bits per heavy atom. The fourth-order valence-corrected chi connectivity index (χ4v) is 4.85. The molecule has 1 aliphatic carbocycles. The highest BCUT2D eigenvalue weighted by atomic mass is 19.2. The van der Waals surface area contributed by atoms with Crippen LogP contribution in [0.1, 0.15) is 22.3 Å². The van der Waals surface area contributed by atoms with Crippen LogP contribution in [0.15, 0.2) is 97.1 Å². The van der Waals surface area contributed by atoms with Gasteiger partial charge in [0.2, 0.25) is 5.91 Å². The van der Waals surface area contributed by atoms with Crippen LogP contribution in [0.2, 0.25) is 0 Å². The first-order valence-electron chi connectivity index (χ1n) is 11.5. The first-order chi connectivity index (χ1) is 16.6. The molecule has 0 bridgehead atoms. The number of carbonyl (C=O) groups excluding carboxylic acids is 1. The maximum atomic E-state index is 13.9. The van der Waals surface area contributed by atoms with E-state index in [0.717, 1.165) is 35.6 Å². The number of hydrogen-bond donors (Lipinski definition) is 0. The Labute approximate surface area is 198 Å². The van der Waals surface area contributed by atoms with Crippen molar-refractivity contribution < 1.29 is 13.6 Å². The van der Waals surface area contributed by atoms with E-state index in [1.807, 2.05) is 71.6 Å². The van der Waals surface area contributed by atoms with Gasteiger partial charge < -0.3 is 4.90 Å². The van der Waals surface area contributed by atoms with Crippen molar-refractivity contribution >= 4 is 5.91 Å². The Hall–Kier alpha value is -3.79. The van der Waals surface area contributed by atoms with Crippen molar-refractivity contribution in [1.82, 2.24) is 4.90 Å². The van der Waals surface area contributed by atoms with Gasteiger partial charge in [-0.05, 0) is 58.4 Å². The van der Waals surface area contributed by atoms with Gasteiger partial charge in [0.05, 0.1) is 6.42 Å². The van der Waals surface area contributed by atoms with Gasteiger partial charge in [-0.1, -0.05) is 84.9 Å². The maximum Gasteiger partial charge on any atom is 0.227 e. The molecule has 0 aliphatic heterocycles. The van der Waals surface area contributed by atoms with Gasteiger partial charge in [0.15, 0.2) is 11.6 Å². The zero-order chi connectivity index (χ0) is 23.5.